The molecule has 1 radical (unpaired) electrons. The van der Waals surface area contributed by atoms with Gasteiger partial charge in [0.1, 0.15) is 0 Å². The summed E-state index contributed by atoms with van der Waals surface area (Å²) in [6.07, 6.45) is 2.67. The second-order valence-electron chi connectivity index (χ2n) is 2.65. The van der Waals surface area contributed by atoms with Crippen molar-refractivity contribution < 1.29 is 0 Å². The van der Waals surface area contributed by atoms with Crippen molar-refractivity contribution in [3.05, 3.63) is 6.54 Å². The van der Waals surface area contributed by atoms with Crippen LogP contribution in [-0.4, -0.2) is 29.5 Å². The Hall–Kier alpha value is 0.310. The molecule has 0 spiro atoms. The number of hydrogen-bond donors (Lipinski definition) is 0. The molecule has 2 heteroatoms. The molecule has 0 unspecified atom stereocenters. The molecule has 0 atom stereocenters. The number of nitrogens with zero attached hydrogens (tertiary/aromatic N) is 1. The van der Waals surface area contributed by atoms with Crippen molar-refractivity contribution in [2.75, 3.05) is 24.6 Å². The normalized spacial score (nSPS) is 21.3. The van der Waals surface area contributed by atoms with Gasteiger partial charge >= 0.3 is 0 Å². The minimum atomic E-state index is 1.23. The maximum atomic E-state index is 2.46. The highest BCUT2D eigenvalue weighted by Crippen LogP contribution is 2.12. The van der Waals surface area contributed by atoms with Gasteiger partial charge in [-0.05, 0) is 13.0 Å². The molecule has 0 aromatic carbocycles. The van der Waals surface area contributed by atoms with Crippen molar-refractivity contribution in [2.45, 2.75) is 19.8 Å². The largest absolute Gasteiger partial charge is 0.297 e. The lowest BCUT2D eigenvalue weighted by atomic mass is 10.3. The van der Waals surface area contributed by atoms with Gasteiger partial charge in [0.15, 0.2) is 0 Å². The zero-order valence-corrected chi connectivity index (χ0v) is 7.49. The SMILES string of the molecule is CCCCN1[CH]CSCC1. The molecular weight excluding hydrogens is 142 g/mol. The van der Waals surface area contributed by atoms with E-state index in [-0.39, 0.29) is 0 Å². The quantitative estimate of drug-likeness (QED) is 0.618. The lowest BCUT2D eigenvalue weighted by Crippen LogP contribution is -2.29. The summed E-state index contributed by atoms with van der Waals surface area (Å²) in [6.45, 7) is 7.13. The van der Waals surface area contributed by atoms with Gasteiger partial charge in [0.2, 0.25) is 0 Å². The van der Waals surface area contributed by atoms with Crippen molar-refractivity contribution in [2.24, 2.45) is 0 Å². The van der Waals surface area contributed by atoms with Gasteiger partial charge in [0.25, 0.3) is 0 Å². The first-order valence-corrected chi connectivity index (χ1v) is 5.24. The van der Waals surface area contributed by atoms with Gasteiger partial charge in [-0.1, -0.05) is 13.3 Å². The standard InChI is InChI=1S/C8H16NS/c1-2-3-4-9-5-7-10-8-6-9/h5H,2-4,6-8H2,1H3. The number of unbranched alkanes of at least 4 members (excludes halogenated alkanes) is 1. The Kier molecular flexibility index (Phi) is 4.23. The fourth-order valence-electron chi connectivity index (χ4n) is 1.08. The smallest absolute Gasteiger partial charge is 0.0350 e. The average molecular weight is 158 g/mol. The highest BCUT2D eigenvalue weighted by molar-refractivity contribution is 7.99. The molecule has 59 valence electrons. The summed E-state index contributed by atoms with van der Waals surface area (Å²) in [6, 6.07) is 0. The van der Waals surface area contributed by atoms with Gasteiger partial charge in [-0.25, -0.2) is 0 Å². The molecule has 0 amide bonds. The van der Waals surface area contributed by atoms with Crippen molar-refractivity contribution >= 4 is 11.8 Å². The topological polar surface area (TPSA) is 3.24 Å². The van der Waals surface area contributed by atoms with Crippen LogP contribution in [0.1, 0.15) is 19.8 Å². The molecule has 1 nitrogen and oxygen atoms in total. The van der Waals surface area contributed by atoms with E-state index in [4.69, 9.17) is 0 Å². The third kappa shape index (κ3) is 2.93. The van der Waals surface area contributed by atoms with Crippen LogP contribution in [0.5, 0.6) is 0 Å². The summed E-state index contributed by atoms with van der Waals surface area (Å²) in [5.41, 5.74) is 0. The first kappa shape index (κ1) is 8.41. The van der Waals surface area contributed by atoms with Gasteiger partial charge in [0.05, 0.1) is 0 Å². The van der Waals surface area contributed by atoms with Crippen LogP contribution < -0.4 is 0 Å². The third-order valence-electron chi connectivity index (χ3n) is 1.77. The highest BCUT2D eigenvalue weighted by atomic mass is 32.2. The van der Waals surface area contributed by atoms with Crippen LogP contribution in [0.4, 0.5) is 0 Å². The molecule has 10 heavy (non-hydrogen) atoms. The molecule has 1 rings (SSSR count). The van der Waals surface area contributed by atoms with E-state index in [2.05, 4.69) is 18.4 Å². The van der Waals surface area contributed by atoms with Gasteiger partial charge in [-0.15, -0.1) is 0 Å². The lowest BCUT2D eigenvalue weighted by molar-refractivity contribution is 0.347. The predicted octanol–water partition coefficient (Wildman–Crippen LogP) is 2.00. The highest BCUT2D eigenvalue weighted by Gasteiger charge is 2.08. The molecule has 0 bridgehead atoms. The zero-order chi connectivity index (χ0) is 7.23. The van der Waals surface area contributed by atoms with Gasteiger partial charge in [-0.3, -0.25) is 4.90 Å². The molecule has 0 N–H and O–H groups in total. The maximum Gasteiger partial charge on any atom is 0.0350 e. The number of hydrogen-bond acceptors (Lipinski definition) is 2. The molecule has 0 aliphatic carbocycles. The Morgan fingerprint density at radius 2 is 2.50 bits per heavy atom. The van der Waals surface area contributed by atoms with E-state index in [1.807, 2.05) is 11.8 Å². The molecule has 1 aliphatic rings. The molecule has 1 heterocycles. The summed E-state index contributed by atoms with van der Waals surface area (Å²) < 4.78 is 0. The second kappa shape index (κ2) is 5.03. The van der Waals surface area contributed by atoms with E-state index in [9.17, 15) is 0 Å². The molecule has 1 aliphatic heterocycles. The number of rotatable bonds is 3. The Morgan fingerprint density at radius 1 is 1.60 bits per heavy atom. The molecule has 0 aromatic rings. The minimum Gasteiger partial charge on any atom is -0.297 e. The molecule has 0 saturated carbocycles. The fraction of sp³-hybridized carbons (Fsp3) is 0.875. The molecular formula is C8H16NS. The van der Waals surface area contributed by atoms with E-state index in [0.717, 1.165) is 0 Å². The summed E-state index contributed by atoms with van der Waals surface area (Å²) in [4.78, 5) is 2.46. The van der Waals surface area contributed by atoms with Crippen molar-refractivity contribution in [1.29, 1.82) is 0 Å². The van der Waals surface area contributed by atoms with Gasteiger partial charge in [0, 0.05) is 24.6 Å². The zero-order valence-electron chi connectivity index (χ0n) is 6.68. The van der Waals surface area contributed by atoms with E-state index >= 15 is 0 Å². The first-order chi connectivity index (χ1) is 4.93. The van der Waals surface area contributed by atoms with Crippen molar-refractivity contribution in [1.82, 2.24) is 4.90 Å². The first-order valence-electron chi connectivity index (χ1n) is 4.08. The minimum absolute atomic E-state index is 1.23. The Bertz CT molecular complexity index is 79.3. The second-order valence-corrected chi connectivity index (χ2v) is 3.80. The Balaban J connectivity index is 2.02. The van der Waals surface area contributed by atoms with E-state index < -0.39 is 0 Å². The fourth-order valence-corrected chi connectivity index (χ4v) is 1.93. The molecule has 1 saturated heterocycles. The predicted molar refractivity (Wildman–Crippen MR) is 48.1 cm³/mol. The van der Waals surface area contributed by atoms with Crippen LogP contribution in [0.3, 0.4) is 0 Å². The average Bonchev–Trinajstić information content (AvgIpc) is 2.03. The molecule has 1 fully saturated rings. The van der Waals surface area contributed by atoms with Crippen LogP contribution in [0.25, 0.3) is 0 Å². The summed E-state index contributed by atoms with van der Waals surface area (Å²) in [5.74, 6) is 2.55. The van der Waals surface area contributed by atoms with Crippen LogP contribution in [0.15, 0.2) is 0 Å². The summed E-state index contributed by atoms with van der Waals surface area (Å²) in [5, 5.41) is 0. The van der Waals surface area contributed by atoms with Crippen LogP contribution in [0, 0.1) is 6.54 Å². The van der Waals surface area contributed by atoms with Crippen molar-refractivity contribution in [3.63, 3.8) is 0 Å². The van der Waals surface area contributed by atoms with Crippen LogP contribution in [-0.2, 0) is 0 Å². The maximum absolute atomic E-state index is 2.46. The van der Waals surface area contributed by atoms with E-state index in [1.54, 1.807) is 0 Å². The van der Waals surface area contributed by atoms with E-state index in [1.165, 1.54) is 37.4 Å². The number of thioether (sulfide) groups is 1. The van der Waals surface area contributed by atoms with Crippen LogP contribution in [0.2, 0.25) is 0 Å². The van der Waals surface area contributed by atoms with Gasteiger partial charge < -0.3 is 0 Å². The summed E-state index contributed by atoms with van der Waals surface area (Å²) in [7, 11) is 0. The summed E-state index contributed by atoms with van der Waals surface area (Å²) >= 11 is 2.03. The Morgan fingerprint density at radius 3 is 3.10 bits per heavy atom. The van der Waals surface area contributed by atoms with Gasteiger partial charge in [-0.2, -0.15) is 11.8 Å². The lowest BCUT2D eigenvalue weighted by Gasteiger charge is -2.25. The molecule has 0 aromatic heterocycles. The van der Waals surface area contributed by atoms with Crippen LogP contribution >= 0.6 is 11.8 Å². The third-order valence-corrected chi connectivity index (χ3v) is 2.63. The monoisotopic (exact) mass is 158 g/mol. The van der Waals surface area contributed by atoms with E-state index in [0.29, 0.717) is 0 Å². The van der Waals surface area contributed by atoms with Crippen molar-refractivity contribution in [3.8, 4) is 0 Å². The Labute approximate surface area is 68.2 Å².